The molecule has 4 rings (SSSR count). The molecule has 2 aromatic heterocycles. The molecule has 0 bridgehead atoms. The summed E-state index contributed by atoms with van der Waals surface area (Å²) in [6.45, 7) is 0.781. The Balaban J connectivity index is 1.69. The maximum Gasteiger partial charge on any atom is 0.393 e. The maximum absolute atomic E-state index is 13.7. The smallest absolute Gasteiger partial charge is 0.351 e. The quantitative estimate of drug-likeness (QED) is 0.631. The van der Waals surface area contributed by atoms with Gasteiger partial charge in [0.2, 0.25) is 0 Å². The lowest BCUT2D eigenvalue weighted by molar-refractivity contribution is -0.127. The Bertz CT molecular complexity index is 1020. The van der Waals surface area contributed by atoms with Gasteiger partial charge in [0, 0.05) is 42.9 Å². The standard InChI is InChI=1S/C18H13F5N4/c19-13-4-12-16(5-14(13)20)25-9-26-17(12)27-2-1-15-11(8-27)3-10(7-24-15)6-18(21,22)23/h3-5,7,9H,1-2,6,8H2. The summed E-state index contributed by atoms with van der Waals surface area (Å²) >= 11 is 0. The van der Waals surface area contributed by atoms with Gasteiger partial charge >= 0.3 is 6.18 Å². The molecule has 0 aliphatic carbocycles. The highest BCUT2D eigenvalue weighted by molar-refractivity contribution is 5.89. The molecule has 4 nitrogen and oxygen atoms in total. The van der Waals surface area contributed by atoms with Crippen LogP contribution in [0, 0.1) is 11.6 Å². The maximum atomic E-state index is 13.7. The molecule has 1 aromatic carbocycles. The van der Waals surface area contributed by atoms with Crippen LogP contribution in [0.1, 0.15) is 16.8 Å². The van der Waals surface area contributed by atoms with Gasteiger partial charge in [0.25, 0.3) is 0 Å². The molecule has 0 N–H and O–H groups in total. The van der Waals surface area contributed by atoms with E-state index in [9.17, 15) is 22.0 Å². The van der Waals surface area contributed by atoms with Gasteiger partial charge in [0.1, 0.15) is 12.1 Å². The topological polar surface area (TPSA) is 41.9 Å². The Hall–Kier alpha value is -2.84. The second-order valence-electron chi connectivity index (χ2n) is 6.39. The second kappa shape index (κ2) is 6.40. The second-order valence-corrected chi connectivity index (χ2v) is 6.39. The number of fused-ring (bicyclic) bond motifs is 2. The molecule has 3 heterocycles. The first kappa shape index (κ1) is 17.6. The largest absolute Gasteiger partial charge is 0.393 e. The van der Waals surface area contributed by atoms with Crippen LogP contribution in [0.4, 0.5) is 27.8 Å². The number of alkyl halides is 3. The molecular weight excluding hydrogens is 367 g/mol. The Kier molecular flexibility index (Phi) is 4.16. The predicted molar refractivity (Wildman–Crippen MR) is 88.2 cm³/mol. The van der Waals surface area contributed by atoms with Gasteiger partial charge in [-0.3, -0.25) is 4.98 Å². The van der Waals surface area contributed by atoms with Crippen LogP contribution in [0.5, 0.6) is 0 Å². The first-order valence-corrected chi connectivity index (χ1v) is 8.18. The molecule has 0 unspecified atom stereocenters. The number of nitrogens with zero attached hydrogens (tertiary/aromatic N) is 4. The van der Waals surface area contributed by atoms with Crippen molar-refractivity contribution < 1.29 is 22.0 Å². The van der Waals surface area contributed by atoms with E-state index in [1.165, 1.54) is 18.6 Å². The minimum absolute atomic E-state index is 0.0868. The van der Waals surface area contributed by atoms with Crippen molar-refractivity contribution in [3.63, 3.8) is 0 Å². The highest BCUT2D eigenvalue weighted by atomic mass is 19.4. The number of pyridine rings is 1. The Labute approximate surface area is 150 Å². The lowest BCUT2D eigenvalue weighted by Crippen LogP contribution is -2.32. The molecule has 1 aliphatic rings. The number of hydrogen-bond acceptors (Lipinski definition) is 4. The summed E-state index contributed by atoms with van der Waals surface area (Å²) in [6, 6.07) is 3.52. The average Bonchev–Trinajstić information content (AvgIpc) is 2.60. The normalized spacial score (nSPS) is 14.5. The summed E-state index contributed by atoms with van der Waals surface area (Å²) in [5, 5.41) is 0.347. The zero-order chi connectivity index (χ0) is 19.2. The van der Waals surface area contributed by atoms with Crippen LogP contribution >= 0.6 is 0 Å². The predicted octanol–water partition coefficient (Wildman–Crippen LogP) is 3.97. The molecule has 9 heteroatoms. The number of benzene rings is 1. The average molecular weight is 380 g/mol. The molecule has 0 amide bonds. The molecule has 0 fully saturated rings. The van der Waals surface area contributed by atoms with Crippen molar-refractivity contribution in [3.05, 3.63) is 59.2 Å². The Morgan fingerprint density at radius 1 is 1.00 bits per heavy atom. The number of hydrogen-bond donors (Lipinski definition) is 0. The molecule has 140 valence electrons. The molecule has 1 aliphatic heterocycles. The summed E-state index contributed by atoms with van der Waals surface area (Å²) in [7, 11) is 0. The molecule has 0 saturated heterocycles. The van der Waals surface area contributed by atoms with E-state index in [0.29, 0.717) is 29.7 Å². The van der Waals surface area contributed by atoms with Crippen molar-refractivity contribution in [2.45, 2.75) is 25.6 Å². The minimum atomic E-state index is -4.31. The summed E-state index contributed by atoms with van der Waals surface area (Å²) in [5.74, 6) is -1.60. The van der Waals surface area contributed by atoms with Gasteiger partial charge in [-0.05, 0) is 17.2 Å². The van der Waals surface area contributed by atoms with Crippen LogP contribution in [-0.4, -0.2) is 27.7 Å². The van der Waals surface area contributed by atoms with Crippen LogP contribution < -0.4 is 4.90 Å². The molecule has 27 heavy (non-hydrogen) atoms. The zero-order valence-corrected chi connectivity index (χ0v) is 13.9. The van der Waals surface area contributed by atoms with Gasteiger partial charge in [-0.25, -0.2) is 18.7 Å². The van der Waals surface area contributed by atoms with Crippen LogP contribution in [0.25, 0.3) is 10.9 Å². The number of rotatable bonds is 2. The lowest BCUT2D eigenvalue weighted by atomic mass is 10.0. The van der Waals surface area contributed by atoms with Gasteiger partial charge in [-0.15, -0.1) is 0 Å². The first-order chi connectivity index (χ1) is 12.8. The van der Waals surface area contributed by atoms with Crippen LogP contribution in [-0.2, 0) is 19.4 Å². The molecule has 0 saturated carbocycles. The zero-order valence-electron chi connectivity index (χ0n) is 13.9. The summed E-state index contributed by atoms with van der Waals surface area (Å²) < 4.78 is 65.0. The van der Waals surface area contributed by atoms with E-state index < -0.39 is 24.2 Å². The molecule has 0 spiro atoms. The van der Waals surface area contributed by atoms with Crippen molar-refractivity contribution in [3.8, 4) is 0 Å². The third kappa shape index (κ3) is 3.54. The van der Waals surface area contributed by atoms with Gasteiger partial charge in [0.15, 0.2) is 11.6 Å². The minimum Gasteiger partial charge on any atom is -0.351 e. The summed E-state index contributed by atoms with van der Waals surface area (Å²) in [5.41, 5.74) is 1.74. The third-order valence-electron chi connectivity index (χ3n) is 4.46. The lowest BCUT2D eigenvalue weighted by Gasteiger charge is -2.30. The van der Waals surface area contributed by atoms with E-state index in [0.717, 1.165) is 17.8 Å². The van der Waals surface area contributed by atoms with Crippen molar-refractivity contribution in [2.75, 3.05) is 11.4 Å². The highest BCUT2D eigenvalue weighted by Gasteiger charge is 2.29. The van der Waals surface area contributed by atoms with Crippen LogP contribution in [0.2, 0.25) is 0 Å². The molecular formula is C18H13F5N4. The van der Waals surface area contributed by atoms with Crippen molar-refractivity contribution in [2.24, 2.45) is 0 Å². The van der Waals surface area contributed by atoms with Crippen LogP contribution in [0.3, 0.4) is 0 Å². The fourth-order valence-electron chi connectivity index (χ4n) is 3.27. The summed E-state index contributed by atoms with van der Waals surface area (Å²) in [4.78, 5) is 14.1. The SMILES string of the molecule is Fc1cc2ncnc(N3CCc4ncc(CC(F)(F)F)cc4C3)c2cc1F. The van der Waals surface area contributed by atoms with E-state index in [1.807, 2.05) is 4.90 Å². The van der Waals surface area contributed by atoms with E-state index >= 15 is 0 Å². The summed E-state index contributed by atoms with van der Waals surface area (Å²) in [6.07, 6.45) is -2.34. The third-order valence-corrected chi connectivity index (χ3v) is 4.46. The van der Waals surface area contributed by atoms with Gasteiger partial charge in [-0.1, -0.05) is 6.07 Å². The van der Waals surface area contributed by atoms with Crippen molar-refractivity contribution in [1.82, 2.24) is 15.0 Å². The van der Waals surface area contributed by atoms with E-state index in [-0.39, 0.29) is 17.6 Å². The Morgan fingerprint density at radius 3 is 2.56 bits per heavy atom. The van der Waals surface area contributed by atoms with Crippen LogP contribution in [0.15, 0.2) is 30.7 Å². The fourth-order valence-corrected chi connectivity index (χ4v) is 3.27. The highest BCUT2D eigenvalue weighted by Crippen LogP contribution is 2.30. The fraction of sp³-hybridized carbons (Fsp3) is 0.278. The Morgan fingerprint density at radius 2 is 1.78 bits per heavy atom. The van der Waals surface area contributed by atoms with Crippen molar-refractivity contribution in [1.29, 1.82) is 0 Å². The number of halogens is 5. The first-order valence-electron chi connectivity index (χ1n) is 8.18. The van der Waals surface area contributed by atoms with Gasteiger partial charge in [-0.2, -0.15) is 13.2 Å². The number of anilines is 1. The monoisotopic (exact) mass is 380 g/mol. The van der Waals surface area contributed by atoms with E-state index in [1.54, 1.807) is 0 Å². The van der Waals surface area contributed by atoms with E-state index in [2.05, 4.69) is 15.0 Å². The van der Waals surface area contributed by atoms with E-state index in [4.69, 9.17) is 0 Å². The molecule has 0 atom stereocenters. The van der Waals surface area contributed by atoms with Gasteiger partial charge < -0.3 is 4.90 Å². The molecule has 0 radical (unpaired) electrons. The molecule has 3 aromatic rings. The van der Waals surface area contributed by atoms with Gasteiger partial charge in [0.05, 0.1) is 11.9 Å². The van der Waals surface area contributed by atoms with Crippen molar-refractivity contribution >= 4 is 16.7 Å². The number of aromatic nitrogens is 3.